The highest BCUT2D eigenvalue weighted by Gasteiger charge is 2.36. The van der Waals surface area contributed by atoms with E-state index in [1.807, 2.05) is 30.3 Å². The van der Waals surface area contributed by atoms with E-state index < -0.39 is 12.6 Å². The first kappa shape index (κ1) is 17.6. The monoisotopic (exact) mass is 368 g/mol. The van der Waals surface area contributed by atoms with Gasteiger partial charge in [0.15, 0.2) is 11.7 Å². The van der Waals surface area contributed by atoms with Gasteiger partial charge < -0.3 is 14.7 Å². The van der Waals surface area contributed by atoms with E-state index in [2.05, 4.69) is 0 Å². The molecule has 1 saturated heterocycles. The first-order chi connectivity index (χ1) is 12.5. The summed E-state index contributed by atoms with van der Waals surface area (Å²) in [6, 6.07) is 16.1. The first-order valence-corrected chi connectivity index (χ1v) is 8.22. The lowest BCUT2D eigenvalue weighted by molar-refractivity contribution is -0.139. The minimum atomic E-state index is -1.07. The van der Waals surface area contributed by atoms with Crippen LogP contribution in [-0.4, -0.2) is 40.6 Å². The number of amides is 1. The molecule has 6 nitrogen and oxygen atoms in total. The number of likely N-dealkylation sites (N-methyl/N-ethyl adjacent to an activating group) is 1. The Labute approximate surface area is 155 Å². The predicted molar refractivity (Wildman–Crippen MR) is 102 cm³/mol. The topological polar surface area (TPSA) is 70.1 Å². The molecule has 0 radical (unpaired) electrons. The maximum atomic E-state index is 12.9. The molecular formula is C19H16N2O4S. The number of hydrogen-bond acceptors (Lipinski definition) is 4. The van der Waals surface area contributed by atoms with Crippen LogP contribution in [0.2, 0.25) is 0 Å². The van der Waals surface area contributed by atoms with Gasteiger partial charge in [-0.3, -0.25) is 9.69 Å². The smallest absolute Gasteiger partial charge is 0.341 e. The number of carbonyl (C=O) groups excluding carboxylic acids is 1. The molecule has 2 aromatic carbocycles. The third kappa shape index (κ3) is 3.43. The second kappa shape index (κ2) is 7.37. The summed E-state index contributed by atoms with van der Waals surface area (Å²) < 4.78 is 5.30. The first-order valence-electron chi connectivity index (χ1n) is 7.81. The van der Waals surface area contributed by atoms with Crippen molar-refractivity contribution in [3.05, 3.63) is 65.9 Å². The van der Waals surface area contributed by atoms with Crippen molar-refractivity contribution in [1.82, 2.24) is 4.90 Å². The summed E-state index contributed by atoms with van der Waals surface area (Å²) >= 11 is 5.42. The largest absolute Gasteiger partial charge is 0.481 e. The molecule has 0 aliphatic carbocycles. The van der Waals surface area contributed by atoms with Gasteiger partial charge in [0, 0.05) is 12.6 Å². The molecule has 0 atom stereocenters. The van der Waals surface area contributed by atoms with Crippen LogP contribution in [0, 0.1) is 0 Å². The summed E-state index contributed by atoms with van der Waals surface area (Å²) in [6.45, 7) is -0.460. The maximum Gasteiger partial charge on any atom is 0.341 e. The number of hydrogen-bond donors (Lipinski definition) is 1. The van der Waals surface area contributed by atoms with E-state index in [0.29, 0.717) is 27.8 Å². The SMILES string of the molecule is CN1C(=S)N(c2ccccc2)C(=O)/C1=C\c1ccccc1OCC(=O)O. The normalized spacial score (nSPS) is 15.7. The Hall–Kier alpha value is -3.19. The third-order valence-electron chi connectivity index (χ3n) is 3.84. The molecule has 3 rings (SSSR count). The van der Waals surface area contributed by atoms with Crippen LogP contribution in [0.15, 0.2) is 60.3 Å². The zero-order chi connectivity index (χ0) is 18.7. The number of thiocarbonyl (C=S) groups is 1. The molecule has 0 aromatic heterocycles. The van der Waals surface area contributed by atoms with Crippen molar-refractivity contribution in [2.24, 2.45) is 0 Å². The van der Waals surface area contributed by atoms with E-state index in [4.69, 9.17) is 22.1 Å². The van der Waals surface area contributed by atoms with Gasteiger partial charge >= 0.3 is 5.97 Å². The van der Waals surface area contributed by atoms with E-state index in [9.17, 15) is 9.59 Å². The van der Waals surface area contributed by atoms with Crippen LogP contribution in [0.3, 0.4) is 0 Å². The van der Waals surface area contributed by atoms with Crippen molar-refractivity contribution in [2.75, 3.05) is 18.6 Å². The second-order valence-electron chi connectivity index (χ2n) is 5.57. The lowest BCUT2D eigenvalue weighted by atomic mass is 10.1. The molecule has 2 aromatic rings. The fourth-order valence-corrected chi connectivity index (χ4v) is 2.87. The van der Waals surface area contributed by atoms with Gasteiger partial charge in [0.1, 0.15) is 11.4 Å². The molecular weight excluding hydrogens is 352 g/mol. The second-order valence-corrected chi connectivity index (χ2v) is 5.93. The number of carboxylic acid groups (broad SMARTS) is 1. The standard InChI is InChI=1S/C19H16N2O4S/c1-20-15(11-13-7-5-6-10-16(13)25-12-17(22)23)18(24)21(19(20)26)14-8-3-2-4-9-14/h2-11H,12H2,1H3,(H,22,23)/b15-11+. The molecule has 7 heteroatoms. The number of rotatable bonds is 5. The number of ether oxygens (including phenoxy) is 1. The predicted octanol–water partition coefficient (Wildman–Crippen LogP) is 2.75. The lowest BCUT2D eigenvalue weighted by Crippen LogP contribution is -2.30. The number of aliphatic carboxylic acids is 1. The van der Waals surface area contributed by atoms with Crippen molar-refractivity contribution < 1.29 is 19.4 Å². The number of nitrogens with zero attached hydrogens (tertiary/aromatic N) is 2. The summed E-state index contributed by atoms with van der Waals surface area (Å²) in [5.74, 6) is -0.942. The van der Waals surface area contributed by atoms with Crippen LogP contribution in [0.4, 0.5) is 5.69 Å². The van der Waals surface area contributed by atoms with Gasteiger partial charge in [-0.15, -0.1) is 0 Å². The summed E-state index contributed by atoms with van der Waals surface area (Å²) in [5, 5.41) is 9.17. The van der Waals surface area contributed by atoms with Gasteiger partial charge in [-0.2, -0.15) is 0 Å². The highest BCUT2D eigenvalue weighted by atomic mass is 32.1. The van der Waals surface area contributed by atoms with Gasteiger partial charge in [-0.05, 0) is 36.5 Å². The van der Waals surface area contributed by atoms with Gasteiger partial charge in [-0.25, -0.2) is 4.79 Å². The summed E-state index contributed by atoms with van der Waals surface area (Å²) in [6.07, 6.45) is 1.65. The molecule has 0 spiro atoms. The Morgan fingerprint density at radius 1 is 1.15 bits per heavy atom. The summed E-state index contributed by atoms with van der Waals surface area (Å²) in [5.41, 5.74) is 1.67. The van der Waals surface area contributed by atoms with E-state index >= 15 is 0 Å². The van der Waals surface area contributed by atoms with Crippen LogP contribution in [-0.2, 0) is 9.59 Å². The number of benzene rings is 2. The average molecular weight is 368 g/mol. The van der Waals surface area contributed by atoms with E-state index in [-0.39, 0.29) is 5.91 Å². The zero-order valence-corrected chi connectivity index (χ0v) is 14.8. The molecule has 1 heterocycles. The average Bonchev–Trinajstić information content (AvgIpc) is 2.85. The van der Waals surface area contributed by atoms with Crippen molar-refractivity contribution in [2.45, 2.75) is 0 Å². The number of carboxylic acids is 1. The highest BCUT2D eigenvalue weighted by Crippen LogP contribution is 2.29. The Kier molecular flexibility index (Phi) is 4.99. The summed E-state index contributed by atoms with van der Waals surface area (Å²) in [7, 11) is 1.72. The molecule has 26 heavy (non-hydrogen) atoms. The van der Waals surface area contributed by atoms with Crippen LogP contribution in [0.5, 0.6) is 5.75 Å². The van der Waals surface area contributed by atoms with Crippen molar-refractivity contribution >= 4 is 41.0 Å². The van der Waals surface area contributed by atoms with Gasteiger partial charge in [-0.1, -0.05) is 36.4 Å². The Bertz CT molecular complexity index is 895. The molecule has 1 N–H and O–H groups in total. The van der Waals surface area contributed by atoms with Crippen LogP contribution >= 0.6 is 12.2 Å². The Balaban J connectivity index is 1.96. The molecule has 1 aliphatic heterocycles. The molecule has 132 valence electrons. The van der Waals surface area contributed by atoms with Gasteiger partial charge in [0.2, 0.25) is 0 Å². The number of carbonyl (C=O) groups is 2. The van der Waals surface area contributed by atoms with Crippen molar-refractivity contribution in [3.63, 3.8) is 0 Å². The molecule has 0 bridgehead atoms. The minimum absolute atomic E-state index is 0.253. The minimum Gasteiger partial charge on any atom is -0.481 e. The Morgan fingerprint density at radius 3 is 2.50 bits per heavy atom. The quantitative estimate of drug-likeness (QED) is 0.646. The molecule has 1 amide bonds. The Morgan fingerprint density at radius 2 is 1.81 bits per heavy atom. The van der Waals surface area contributed by atoms with Gasteiger partial charge in [0.25, 0.3) is 5.91 Å². The fourth-order valence-electron chi connectivity index (χ4n) is 2.58. The number of anilines is 1. The zero-order valence-electron chi connectivity index (χ0n) is 14.0. The molecule has 1 aliphatic rings. The lowest BCUT2D eigenvalue weighted by Gasteiger charge is -2.16. The van der Waals surface area contributed by atoms with Crippen LogP contribution in [0.1, 0.15) is 5.56 Å². The fraction of sp³-hybridized carbons (Fsp3) is 0.105. The third-order valence-corrected chi connectivity index (χ3v) is 4.29. The van der Waals surface area contributed by atoms with Crippen molar-refractivity contribution in [3.8, 4) is 5.75 Å². The van der Waals surface area contributed by atoms with Gasteiger partial charge in [0.05, 0.1) is 5.69 Å². The summed E-state index contributed by atoms with van der Waals surface area (Å²) in [4.78, 5) is 26.7. The van der Waals surface area contributed by atoms with Crippen LogP contribution < -0.4 is 9.64 Å². The molecule has 0 unspecified atom stereocenters. The number of para-hydroxylation sites is 2. The highest BCUT2D eigenvalue weighted by molar-refractivity contribution is 7.80. The maximum absolute atomic E-state index is 12.9. The van der Waals surface area contributed by atoms with E-state index in [0.717, 1.165) is 0 Å². The van der Waals surface area contributed by atoms with Crippen LogP contribution in [0.25, 0.3) is 6.08 Å². The van der Waals surface area contributed by atoms with E-state index in [1.54, 1.807) is 42.3 Å². The van der Waals surface area contributed by atoms with Crippen molar-refractivity contribution in [1.29, 1.82) is 0 Å². The molecule has 0 saturated carbocycles. The van der Waals surface area contributed by atoms with E-state index in [1.165, 1.54) is 4.90 Å². The molecule has 1 fully saturated rings.